The highest BCUT2D eigenvalue weighted by atomic mass is 16.2. The lowest BCUT2D eigenvalue weighted by Crippen LogP contribution is -2.26. The fourth-order valence-corrected chi connectivity index (χ4v) is 0.940. The third-order valence-corrected chi connectivity index (χ3v) is 1.42. The van der Waals surface area contributed by atoms with E-state index in [2.05, 4.69) is 10.4 Å². The van der Waals surface area contributed by atoms with Crippen LogP contribution in [0.3, 0.4) is 0 Å². The number of hydrogen-bond acceptors (Lipinski definition) is 2. The third kappa shape index (κ3) is 1.39. The molecule has 0 radical (unpaired) electrons. The van der Waals surface area contributed by atoms with Crippen molar-refractivity contribution in [3.05, 3.63) is 17.5 Å². The van der Waals surface area contributed by atoms with Gasteiger partial charge in [-0.2, -0.15) is 9.78 Å². The van der Waals surface area contributed by atoms with Gasteiger partial charge in [-0.15, -0.1) is 0 Å². The van der Waals surface area contributed by atoms with E-state index >= 15 is 0 Å². The van der Waals surface area contributed by atoms with Gasteiger partial charge in [-0.3, -0.25) is 0 Å². The van der Waals surface area contributed by atoms with Crippen LogP contribution < -0.4 is 5.32 Å². The van der Waals surface area contributed by atoms with Crippen LogP contribution in [-0.2, 0) is 0 Å². The highest BCUT2D eigenvalue weighted by Gasteiger charge is 2.06. The van der Waals surface area contributed by atoms with E-state index in [1.54, 1.807) is 7.05 Å². The van der Waals surface area contributed by atoms with E-state index in [1.807, 2.05) is 19.9 Å². The predicted octanol–water partition coefficient (Wildman–Crippen LogP) is 0.687. The van der Waals surface area contributed by atoms with Crippen LogP contribution in [0.2, 0.25) is 0 Å². The quantitative estimate of drug-likeness (QED) is 0.596. The summed E-state index contributed by atoms with van der Waals surface area (Å²) >= 11 is 0. The first-order chi connectivity index (χ1) is 5.15. The Morgan fingerprint density at radius 1 is 1.64 bits per heavy atom. The van der Waals surface area contributed by atoms with Crippen LogP contribution in [0.15, 0.2) is 6.07 Å². The minimum absolute atomic E-state index is 0.199. The normalized spacial score (nSPS) is 9.73. The molecular weight excluding hydrogens is 142 g/mol. The Bertz CT molecular complexity index is 277. The number of aryl methyl sites for hydroxylation is 2. The van der Waals surface area contributed by atoms with Crippen molar-refractivity contribution in [1.29, 1.82) is 0 Å². The molecule has 0 spiro atoms. The van der Waals surface area contributed by atoms with Crippen LogP contribution in [0.5, 0.6) is 0 Å². The van der Waals surface area contributed by atoms with Gasteiger partial charge in [0.2, 0.25) is 0 Å². The predicted molar refractivity (Wildman–Crippen MR) is 41.6 cm³/mol. The molecule has 0 aliphatic rings. The first-order valence-electron chi connectivity index (χ1n) is 3.40. The van der Waals surface area contributed by atoms with Crippen LogP contribution in [0, 0.1) is 13.8 Å². The van der Waals surface area contributed by atoms with E-state index in [-0.39, 0.29) is 6.03 Å². The Kier molecular flexibility index (Phi) is 1.94. The average molecular weight is 153 g/mol. The van der Waals surface area contributed by atoms with Crippen molar-refractivity contribution >= 4 is 6.03 Å². The molecule has 1 aromatic rings. The highest BCUT2D eigenvalue weighted by molar-refractivity contribution is 5.76. The van der Waals surface area contributed by atoms with Crippen molar-refractivity contribution in [2.75, 3.05) is 7.05 Å². The Morgan fingerprint density at radius 3 is 2.64 bits per heavy atom. The molecule has 4 heteroatoms. The molecule has 4 nitrogen and oxygen atoms in total. The number of hydrogen-bond donors (Lipinski definition) is 1. The zero-order valence-electron chi connectivity index (χ0n) is 6.88. The summed E-state index contributed by atoms with van der Waals surface area (Å²) < 4.78 is 1.34. The molecule has 0 aliphatic heterocycles. The van der Waals surface area contributed by atoms with Gasteiger partial charge >= 0.3 is 6.03 Å². The van der Waals surface area contributed by atoms with Crippen molar-refractivity contribution in [1.82, 2.24) is 15.1 Å². The van der Waals surface area contributed by atoms with Gasteiger partial charge in [-0.1, -0.05) is 0 Å². The van der Waals surface area contributed by atoms with Gasteiger partial charge in [0.15, 0.2) is 0 Å². The number of carbonyl (C=O) groups is 1. The second kappa shape index (κ2) is 2.74. The molecular formula is C7H11N3O. The van der Waals surface area contributed by atoms with Crippen molar-refractivity contribution in [2.24, 2.45) is 0 Å². The maximum absolute atomic E-state index is 11.0. The average Bonchev–Trinajstić information content (AvgIpc) is 2.28. The van der Waals surface area contributed by atoms with E-state index in [9.17, 15) is 4.79 Å². The SMILES string of the molecule is CNC(=O)n1nc(C)cc1C. The molecule has 0 saturated heterocycles. The summed E-state index contributed by atoms with van der Waals surface area (Å²) in [6.45, 7) is 3.70. The van der Waals surface area contributed by atoms with Gasteiger partial charge < -0.3 is 5.32 Å². The molecule has 0 aliphatic carbocycles. The van der Waals surface area contributed by atoms with E-state index in [0.717, 1.165) is 11.4 Å². The highest BCUT2D eigenvalue weighted by Crippen LogP contribution is 1.99. The zero-order valence-corrected chi connectivity index (χ0v) is 6.88. The Labute approximate surface area is 65.2 Å². The smallest absolute Gasteiger partial charge is 0.339 e. The fourth-order valence-electron chi connectivity index (χ4n) is 0.940. The van der Waals surface area contributed by atoms with Gasteiger partial charge in [0.25, 0.3) is 0 Å². The molecule has 0 saturated carbocycles. The maximum Gasteiger partial charge on any atom is 0.342 e. The number of carbonyl (C=O) groups excluding carboxylic acids is 1. The number of nitrogens with zero attached hydrogens (tertiary/aromatic N) is 2. The lowest BCUT2D eigenvalue weighted by atomic mass is 10.4. The van der Waals surface area contributed by atoms with Crippen LogP contribution in [-0.4, -0.2) is 22.9 Å². The summed E-state index contributed by atoms with van der Waals surface area (Å²) in [6, 6.07) is 1.66. The summed E-state index contributed by atoms with van der Waals surface area (Å²) in [7, 11) is 1.58. The lowest BCUT2D eigenvalue weighted by Gasteiger charge is -1.99. The van der Waals surface area contributed by atoms with Crippen LogP contribution in [0.4, 0.5) is 4.79 Å². The van der Waals surface area contributed by atoms with E-state index in [1.165, 1.54) is 4.68 Å². The zero-order chi connectivity index (χ0) is 8.43. The van der Waals surface area contributed by atoms with Crippen LogP contribution >= 0.6 is 0 Å². The number of rotatable bonds is 0. The summed E-state index contributed by atoms with van der Waals surface area (Å²) in [4.78, 5) is 11.0. The summed E-state index contributed by atoms with van der Waals surface area (Å²) in [5, 5.41) is 6.48. The van der Waals surface area contributed by atoms with Gasteiger partial charge in [0.05, 0.1) is 5.69 Å². The topological polar surface area (TPSA) is 46.9 Å². The first-order valence-corrected chi connectivity index (χ1v) is 3.40. The molecule has 60 valence electrons. The van der Waals surface area contributed by atoms with E-state index in [0.29, 0.717) is 0 Å². The van der Waals surface area contributed by atoms with Gasteiger partial charge in [0.1, 0.15) is 0 Å². The molecule has 0 fully saturated rings. The molecule has 0 atom stereocenters. The Hall–Kier alpha value is -1.32. The fraction of sp³-hybridized carbons (Fsp3) is 0.429. The molecule has 1 N–H and O–H groups in total. The largest absolute Gasteiger partial charge is 0.342 e. The molecule has 1 rings (SSSR count). The molecule has 1 amide bonds. The van der Waals surface area contributed by atoms with Crippen molar-refractivity contribution in [3.63, 3.8) is 0 Å². The number of nitrogens with one attached hydrogen (secondary N) is 1. The lowest BCUT2D eigenvalue weighted by molar-refractivity contribution is 0.241. The second-order valence-corrected chi connectivity index (χ2v) is 2.39. The molecule has 0 bridgehead atoms. The Balaban J connectivity index is 3.03. The first kappa shape index (κ1) is 7.78. The van der Waals surface area contributed by atoms with Crippen LogP contribution in [0.1, 0.15) is 11.4 Å². The van der Waals surface area contributed by atoms with E-state index in [4.69, 9.17) is 0 Å². The van der Waals surface area contributed by atoms with Crippen LogP contribution in [0.25, 0.3) is 0 Å². The maximum atomic E-state index is 11.0. The van der Waals surface area contributed by atoms with E-state index < -0.39 is 0 Å². The van der Waals surface area contributed by atoms with Gasteiger partial charge in [-0.25, -0.2) is 4.79 Å². The minimum atomic E-state index is -0.199. The summed E-state index contributed by atoms with van der Waals surface area (Å²) in [6.07, 6.45) is 0. The van der Waals surface area contributed by atoms with Gasteiger partial charge in [0, 0.05) is 12.7 Å². The van der Waals surface area contributed by atoms with Crippen molar-refractivity contribution in [3.8, 4) is 0 Å². The monoisotopic (exact) mass is 153 g/mol. The van der Waals surface area contributed by atoms with Crippen molar-refractivity contribution in [2.45, 2.75) is 13.8 Å². The molecule has 1 aromatic heterocycles. The summed E-state index contributed by atoms with van der Waals surface area (Å²) in [5.74, 6) is 0. The molecule has 1 heterocycles. The number of aromatic nitrogens is 2. The molecule has 11 heavy (non-hydrogen) atoms. The molecule has 0 unspecified atom stereocenters. The van der Waals surface area contributed by atoms with Crippen molar-refractivity contribution < 1.29 is 4.79 Å². The molecule has 0 aromatic carbocycles. The second-order valence-electron chi connectivity index (χ2n) is 2.39. The number of amides is 1. The minimum Gasteiger partial charge on any atom is -0.339 e. The standard InChI is InChI=1S/C7H11N3O/c1-5-4-6(2)10(9-5)7(11)8-3/h4H,1-3H3,(H,8,11). The third-order valence-electron chi connectivity index (χ3n) is 1.42. The summed E-state index contributed by atoms with van der Waals surface area (Å²) in [5.41, 5.74) is 1.70. The van der Waals surface area contributed by atoms with Gasteiger partial charge in [-0.05, 0) is 19.9 Å². The Morgan fingerprint density at radius 2 is 2.27 bits per heavy atom.